The molecule has 0 fully saturated rings. The van der Waals surface area contributed by atoms with E-state index in [9.17, 15) is 20.2 Å². The molecule has 1 aromatic heterocycles. The van der Waals surface area contributed by atoms with E-state index in [0.29, 0.717) is 34.9 Å². The second kappa shape index (κ2) is 10.9. The Balaban J connectivity index is 1.65. The molecule has 0 unspecified atom stereocenters. The molecule has 0 bridgehead atoms. The van der Waals surface area contributed by atoms with Gasteiger partial charge in [-0.15, -0.1) is 11.3 Å². The summed E-state index contributed by atoms with van der Waals surface area (Å²) < 4.78 is 10.5. The minimum Gasteiger partial charge on any atom is -0.493 e. The standard InChI is InChI=1S/C24H21N3O5S/c1-31-21-8-6-16(12-22(21)32-2)10-11-26-24(28)18(15-25)14-20-7-9-23(33-20)17-4-3-5-19(13-17)27(29)30/h3-9,12-14H,10-11H2,1-2H3,(H,26,28)/b18-14+. The van der Waals surface area contributed by atoms with Crippen LogP contribution in [0.2, 0.25) is 0 Å². The number of nitro groups is 1. The minimum absolute atomic E-state index is 0.00423. The number of nitrogens with one attached hydrogen (secondary N) is 1. The van der Waals surface area contributed by atoms with Crippen LogP contribution in [0.4, 0.5) is 5.69 Å². The Morgan fingerprint density at radius 1 is 1.15 bits per heavy atom. The molecular weight excluding hydrogens is 442 g/mol. The van der Waals surface area contributed by atoms with E-state index in [2.05, 4.69) is 5.32 Å². The molecule has 0 aliphatic rings. The van der Waals surface area contributed by atoms with E-state index in [1.165, 1.54) is 29.5 Å². The predicted octanol–water partition coefficient (Wildman–Crippen LogP) is 4.61. The highest BCUT2D eigenvalue weighted by molar-refractivity contribution is 7.16. The first kappa shape index (κ1) is 23.5. The maximum absolute atomic E-state index is 12.5. The van der Waals surface area contributed by atoms with Gasteiger partial charge >= 0.3 is 0 Å². The summed E-state index contributed by atoms with van der Waals surface area (Å²) in [4.78, 5) is 24.5. The molecule has 0 radical (unpaired) electrons. The molecular formula is C24H21N3O5S. The number of methoxy groups -OCH3 is 2. The molecule has 1 amide bonds. The first-order valence-corrected chi connectivity index (χ1v) is 10.7. The van der Waals surface area contributed by atoms with Crippen molar-refractivity contribution in [3.63, 3.8) is 0 Å². The molecule has 8 nitrogen and oxygen atoms in total. The fourth-order valence-electron chi connectivity index (χ4n) is 3.10. The highest BCUT2D eigenvalue weighted by atomic mass is 32.1. The molecule has 0 saturated carbocycles. The van der Waals surface area contributed by atoms with E-state index in [0.717, 1.165) is 10.4 Å². The van der Waals surface area contributed by atoms with Crippen molar-refractivity contribution in [2.45, 2.75) is 6.42 Å². The van der Waals surface area contributed by atoms with Crippen LogP contribution in [-0.2, 0) is 11.2 Å². The molecule has 9 heteroatoms. The normalized spacial score (nSPS) is 10.9. The number of ether oxygens (including phenoxy) is 2. The summed E-state index contributed by atoms with van der Waals surface area (Å²) in [6.07, 6.45) is 2.07. The van der Waals surface area contributed by atoms with E-state index < -0.39 is 10.8 Å². The number of carbonyl (C=O) groups is 1. The monoisotopic (exact) mass is 463 g/mol. The molecule has 0 atom stereocenters. The van der Waals surface area contributed by atoms with Crippen LogP contribution in [0.1, 0.15) is 10.4 Å². The second-order valence-electron chi connectivity index (χ2n) is 6.87. The topological polar surface area (TPSA) is 114 Å². The van der Waals surface area contributed by atoms with Crippen molar-refractivity contribution in [1.82, 2.24) is 5.32 Å². The van der Waals surface area contributed by atoms with E-state index in [4.69, 9.17) is 9.47 Å². The van der Waals surface area contributed by atoms with Crippen molar-refractivity contribution < 1.29 is 19.2 Å². The van der Waals surface area contributed by atoms with Gasteiger partial charge in [0.15, 0.2) is 11.5 Å². The van der Waals surface area contributed by atoms with Crippen molar-refractivity contribution in [3.05, 3.63) is 80.7 Å². The summed E-state index contributed by atoms with van der Waals surface area (Å²) in [6.45, 7) is 0.344. The molecule has 0 aliphatic heterocycles. The van der Waals surface area contributed by atoms with Gasteiger partial charge in [-0.05, 0) is 47.9 Å². The number of amides is 1. The summed E-state index contributed by atoms with van der Waals surface area (Å²) in [5, 5.41) is 23.2. The molecule has 2 aromatic carbocycles. The lowest BCUT2D eigenvalue weighted by molar-refractivity contribution is -0.384. The van der Waals surface area contributed by atoms with Crippen molar-refractivity contribution in [3.8, 4) is 28.0 Å². The van der Waals surface area contributed by atoms with Crippen LogP contribution in [-0.4, -0.2) is 31.6 Å². The van der Waals surface area contributed by atoms with Crippen molar-refractivity contribution in [1.29, 1.82) is 5.26 Å². The van der Waals surface area contributed by atoms with Gasteiger partial charge in [-0.1, -0.05) is 18.2 Å². The quantitative estimate of drug-likeness (QED) is 0.215. The third-order valence-corrected chi connectivity index (χ3v) is 5.85. The van der Waals surface area contributed by atoms with Crippen LogP contribution in [0.25, 0.3) is 16.5 Å². The molecule has 1 heterocycles. The lowest BCUT2D eigenvalue weighted by Crippen LogP contribution is -2.26. The van der Waals surface area contributed by atoms with Crippen LogP contribution in [0, 0.1) is 21.4 Å². The Bertz CT molecular complexity index is 1240. The number of carbonyl (C=O) groups excluding carboxylic acids is 1. The number of rotatable bonds is 9. The molecule has 3 aromatic rings. The number of nitro benzene ring substituents is 1. The van der Waals surface area contributed by atoms with Crippen LogP contribution >= 0.6 is 11.3 Å². The number of non-ortho nitro benzene ring substituents is 1. The molecule has 0 spiro atoms. The average Bonchev–Trinajstić information content (AvgIpc) is 3.31. The average molecular weight is 464 g/mol. The zero-order valence-electron chi connectivity index (χ0n) is 18.0. The molecule has 33 heavy (non-hydrogen) atoms. The highest BCUT2D eigenvalue weighted by Crippen LogP contribution is 2.31. The predicted molar refractivity (Wildman–Crippen MR) is 126 cm³/mol. The Hall–Kier alpha value is -4.16. The Morgan fingerprint density at radius 2 is 1.94 bits per heavy atom. The molecule has 0 saturated heterocycles. The van der Waals surface area contributed by atoms with Gasteiger partial charge in [-0.2, -0.15) is 5.26 Å². The van der Waals surface area contributed by atoms with Crippen LogP contribution < -0.4 is 14.8 Å². The first-order chi connectivity index (χ1) is 15.9. The third kappa shape index (κ3) is 5.96. The first-order valence-electron chi connectivity index (χ1n) is 9.90. The minimum atomic E-state index is -0.469. The van der Waals surface area contributed by atoms with Crippen molar-refractivity contribution in [2.24, 2.45) is 0 Å². The van der Waals surface area contributed by atoms with E-state index in [1.807, 2.05) is 18.2 Å². The number of benzene rings is 2. The fraction of sp³-hybridized carbons (Fsp3) is 0.167. The van der Waals surface area contributed by atoms with E-state index in [-0.39, 0.29) is 11.3 Å². The Morgan fingerprint density at radius 3 is 2.64 bits per heavy atom. The van der Waals surface area contributed by atoms with Gasteiger partial charge in [-0.25, -0.2) is 0 Å². The maximum atomic E-state index is 12.5. The van der Waals surface area contributed by atoms with Crippen molar-refractivity contribution >= 4 is 29.0 Å². The number of hydrogen-bond donors (Lipinski definition) is 1. The number of hydrogen-bond acceptors (Lipinski definition) is 7. The Kier molecular flexibility index (Phi) is 7.78. The summed E-state index contributed by atoms with van der Waals surface area (Å²) in [5.74, 6) is 0.764. The van der Waals surface area contributed by atoms with Gasteiger partial charge in [0.05, 0.1) is 19.1 Å². The van der Waals surface area contributed by atoms with Crippen molar-refractivity contribution in [2.75, 3.05) is 20.8 Å². The lowest BCUT2D eigenvalue weighted by atomic mass is 10.1. The van der Waals surface area contributed by atoms with Gasteiger partial charge in [0.25, 0.3) is 11.6 Å². The number of thiophene rings is 1. The smallest absolute Gasteiger partial charge is 0.270 e. The van der Waals surface area contributed by atoms with Crippen LogP contribution in [0.15, 0.2) is 60.2 Å². The van der Waals surface area contributed by atoms with Gasteiger partial charge in [0, 0.05) is 28.4 Å². The van der Waals surface area contributed by atoms with Gasteiger partial charge < -0.3 is 14.8 Å². The van der Waals surface area contributed by atoms with Crippen LogP contribution in [0.5, 0.6) is 11.5 Å². The molecule has 3 rings (SSSR count). The van der Waals surface area contributed by atoms with Crippen LogP contribution in [0.3, 0.4) is 0 Å². The number of nitriles is 1. The Labute approximate surface area is 194 Å². The summed E-state index contributed by atoms with van der Waals surface area (Å²) in [6, 6.07) is 17.4. The third-order valence-electron chi connectivity index (χ3n) is 4.77. The maximum Gasteiger partial charge on any atom is 0.270 e. The summed E-state index contributed by atoms with van der Waals surface area (Å²) in [5.41, 5.74) is 1.64. The van der Waals surface area contributed by atoms with Gasteiger partial charge in [-0.3, -0.25) is 14.9 Å². The van der Waals surface area contributed by atoms with Gasteiger partial charge in [0.1, 0.15) is 11.6 Å². The highest BCUT2D eigenvalue weighted by Gasteiger charge is 2.12. The second-order valence-corrected chi connectivity index (χ2v) is 7.99. The van der Waals surface area contributed by atoms with E-state index in [1.54, 1.807) is 44.6 Å². The SMILES string of the molecule is COc1ccc(CCNC(=O)/C(C#N)=C/c2ccc(-c3cccc([N+](=O)[O-])c3)s2)cc1OC. The van der Waals surface area contributed by atoms with Gasteiger partial charge in [0.2, 0.25) is 0 Å². The summed E-state index contributed by atoms with van der Waals surface area (Å²) >= 11 is 1.34. The lowest BCUT2D eigenvalue weighted by Gasteiger charge is -2.10. The number of nitrogens with zero attached hydrogens (tertiary/aromatic N) is 2. The zero-order chi connectivity index (χ0) is 23.8. The molecule has 1 N–H and O–H groups in total. The molecule has 168 valence electrons. The largest absolute Gasteiger partial charge is 0.493 e. The molecule has 0 aliphatic carbocycles. The fourth-order valence-corrected chi connectivity index (χ4v) is 4.05. The zero-order valence-corrected chi connectivity index (χ0v) is 18.8. The van der Waals surface area contributed by atoms with E-state index >= 15 is 0 Å². The summed E-state index contributed by atoms with van der Waals surface area (Å²) in [7, 11) is 3.12.